The SMILES string of the molecule is CCCC(C)(N)c1nc(-c2ccc(Cl)cc2)no1. The highest BCUT2D eigenvalue weighted by Gasteiger charge is 2.27. The molecule has 96 valence electrons. The Morgan fingerprint density at radius 2 is 2.00 bits per heavy atom. The van der Waals surface area contributed by atoms with Crippen LogP contribution in [0.4, 0.5) is 0 Å². The normalized spacial score (nSPS) is 14.4. The Kier molecular flexibility index (Phi) is 3.68. The molecule has 2 N–H and O–H groups in total. The lowest BCUT2D eigenvalue weighted by molar-refractivity contribution is 0.284. The van der Waals surface area contributed by atoms with Gasteiger partial charge in [-0.15, -0.1) is 0 Å². The zero-order chi connectivity index (χ0) is 13.2. The molecule has 0 saturated carbocycles. The van der Waals surface area contributed by atoms with Gasteiger partial charge in [0.05, 0.1) is 5.54 Å². The highest BCUT2D eigenvalue weighted by atomic mass is 35.5. The van der Waals surface area contributed by atoms with Crippen LogP contribution in [0.15, 0.2) is 28.8 Å². The molecule has 0 saturated heterocycles. The van der Waals surface area contributed by atoms with E-state index >= 15 is 0 Å². The molecule has 1 unspecified atom stereocenters. The van der Waals surface area contributed by atoms with Crippen molar-refractivity contribution in [3.8, 4) is 11.4 Å². The van der Waals surface area contributed by atoms with Gasteiger partial charge in [-0.25, -0.2) is 0 Å². The van der Waals surface area contributed by atoms with Gasteiger partial charge in [0.2, 0.25) is 11.7 Å². The van der Waals surface area contributed by atoms with E-state index in [4.69, 9.17) is 21.9 Å². The molecule has 0 aliphatic rings. The van der Waals surface area contributed by atoms with E-state index in [9.17, 15) is 0 Å². The third-order valence-corrected chi connectivity index (χ3v) is 3.04. The van der Waals surface area contributed by atoms with Gasteiger partial charge in [-0.05, 0) is 37.6 Å². The van der Waals surface area contributed by atoms with Gasteiger partial charge in [0.1, 0.15) is 0 Å². The molecule has 2 rings (SSSR count). The molecule has 0 bridgehead atoms. The zero-order valence-electron chi connectivity index (χ0n) is 10.5. The zero-order valence-corrected chi connectivity index (χ0v) is 11.2. The standard InChI is InChI=1S/C13H16ClN3O/c1-3-8-13(2,15)12-16-11(17-18-12)9-4-6-10(14)7-5-9/h4-7H,3,8,15H2,1-2H3. The van der Waals surface area contributed by atoms with Crippen molar-refractivity contribution in [3.05, 3.63) is 35.2 Å². The molecule has 0 fully saturated rings. The molecule has 5 heteroatoms. The molecule has 1 aromatic heterocycles. The van der Waals surface area contributed by atoms with Gasteiger partial charge >= 0.3 is 0 Å². The van der Waals surface area contributed by atoms with Gasteiger partial charge < -0.3 is 10.3 Å². The summed E-state index contributed by atoms with van der Waals surface area (Å²) in [7, 11) is 0. The summed E-state index contributed by atoms with van der Waals surface area (Å²) in [6, 6.07) is 7.29. The van der Waals surface area contributed by atoms with E-state index in [1.807, 2.05) is 19.1 Å². The molecular weight excluding hydrogens is 250 g/mol. The van der Waals surface area contributed by atoms with Crippen LogP contribution < -0.4 is 5.73 Å². The molecule has 0 amide bonds. The molecule has 1 aromatic carbocycles. The van der Waals surface area contributed by atoms with Crippen LogP contribution in [0.25, 0.3) is 11.4 Å². The number of hydrogen-bond donors (Lipinski definition) is 1. The second kappa shape index (κ2) is 5.08. The molecule has 4 nitrogen and oxygen atoms in total. The first-order chi connectivity index (χ1) is 8.53. The fourth-order valence-electron chi connectivity index (χ4n) is 1.80. The molecule has 0 aliphatic heterocycles. The van der Waals surface area contributed by atoms with Crippen molar-refractivity contribution in [1.82, 2.24) is 10.1 Å². The van der Waals surface area contributed by atoms with Crippen LogP contribution in [0.5, 0.6) is 0 Å². The first-order valence-electron chi connectivity index (χ1n) is 5.92. The van der Waals surface area contributed by atoms with Crippen molar-refractivity contribution in [2.75, 3.05) is 0 Å². The van der Waals surface area contributed by atoms with Crippen LogP contribution in [-0.2, 0) is 5.54 Å². The molecular formula is C13H16ClN3O. The Morgan fingerprint density at radius 3 is 2.61 bits per heavy atom. The highest BCUT2D eigenvalue weighted by Crippen LogP contribution is 2.25. The van der Waals surface area contributed by atoms with E-state index in [-0.39, 0.29) is 0 Å². The molecule has 0 spiro atoms. The number of nitrogens with two attached hydrogens (primary N) is 1. The van der Waals surface area contributed by atoms with Gasteiger partial charge in [-0.2, -0.15) is 4.98 Å². The number of aromatic nitrogens is 2. The van der Waals surface area contributed by atoms with E-state index in [1.165, 1.54) is 0 Å². The number of benzene rings is 1. The van der Waals surface area contributed by atoms with Crippen molar-refractivity contribution >= 4 is 11.6 Å². The van der Waals surface area contributed by atoms with Crippen LogP contribution in [0.1, 0.15) is 32.6 Å². The van der Waals surface area contributed by atoms with E-state index in [1.54, 1.807) is 12.1 Å². The van der Waals surface area contributed by atoms with Crippen molar-refractivity contribution in [1.29, 1.82) is 0 Å². The minimum Gasteiger partial charge on any atom is -0.337 e. The van der Waals surface area contributed by atoms with Gasteiger partial charge in [0.15, 0.2) is 0 Å². The van der Waals surface area contributed by atoms with Crippen molar-refractivity contribution < 1.29 is 4.52 Å². The largest absolute Gasteiger partial charge is 0.337 e. The smallest absolute Gasteiger partial charge is 0.246 e. The summed E-state index contributed by atoms with van der Waals surface area (Å²) in [6.45, 7) is 3.97. The third-order valence-electron chi connectivity index (χ3n) is 2.79. The van der Waals surface area contributed by atoms with Crippen LogP contribution in [0.3, 0.4) is 0 Å². The molecule has 2 aromatic rings. The van der Waals surface area contributed by atoms with Crippen molar-refractivity contribution in [3.63, 3.8) is 0 Å². The highest BCUT2D eigenvalue weighted by molar-refractivity contribution is 6.30. The monoisotopic (exact) mass is 265 g/mol. The summed E-state index contributed by atoms with van der Waals surface area (Å²) < 4.78 is 5.25. The summed E-state index contributed by atoms with van der Waals surface area (Å²) in [6.07, 6.45) is 1.76. The molecule has 1 atom stereocenters. The Balaban J connectivity index is 2.28. The van der Waals surface area contributed by atoms with Crippen molar-refractivity contribution in [2.24, 2.45) is 5.73 Å². The lowest BCUT2D eigenvalue weighted by Crippen LogP contribution is -2.33. The quantitative estimate of drug-likeness (QED) is 0.921. The molecule has 0 aliphatic carbocycles. The van der Waals surface area contributed by atoms with Crippen LogP contribution in [0, 0.1) is 0 Å². The fourth-order valence-corrected chi connectivity index (χ4v) is 1.92. The Bertz CT molecular complexity index is 519. The fraction of sp³-hybridized carbons (Fsp3) is 0.385. The summed E-state index contributed by atoms with van der Waals surface area (Å²) in [5.41, 5.74) is 6.43. The maximum atomic E-state index is 6.15. The van der Waals surface area contributed by atoms with Crippen LogP contribution >= 0.6 is 11.6 Å². The van der Waals surface area contributed by atoms with Gasteiger partial charge in [-0.1, -0.05) is 30.1 Å². The summed E-state index contributed by atoms with van der Waals surface area (Å²) >= 11 is 5.83. The molecule has 0 radical (unpaired) electrons. The molecule has 18 heavy (non-hydrogen) atoms. The lowest BCUT2D eigenvalue weighted by Gasteiger charge is -2.18. The number of nitrogens with zero attached hydrogens (tertiary/aromatic N) is 2. The number of halogens is 1. The average Bonchev–Trinajstić information content (AvgIpc) is 2.80. The number of hydrogen-bond acceptors (Lipinski definition) is 4. The minimum absolute atomic E-state index is 0.467. The minimum atomic E-state index is -0.577. The van der Waals surface area contributed by atoms with Crippen molar-refractivity contribution in [2.45, 2.75) is 32.2 Å². The van der Waals surface area contributed by atoms with Gasteiger partial charge in [0.25, 0.3) is 0 Å². The second-order valence-corrected chi connectivity index (χ2v) is 5.03. The van der Waals surface area contributed by atoms with Gasteiger partial charge in [0, 0.05) is 10.6 Å². The third kappa shape index (κ3) is 2.71. The lowest BCUT2D eigenvalue weighted by atomic mass is 9.98. The van der Waals surface area contributed by atoms with E-state index in [0.29, 0.717) is 16.7 Å². The van der Waals surface area contributed by atoms with Crippen LogP contribution in [0.2, 0.25) is 5.02 Å². The second-order valence-electron chi connectivity index (χ2n) is 4.60. The van der Waals surface area contributed by atoms with E-state index in [2.05, 4.69) is 17.1 Å². The maximum Gasteiger partial charge on any atom is 0.246 e. The summed E-state index contributed by atoms with van der Waals surface area (Å²) in [4.78, 5) is 4.35. The van der Waals surface area contributed by atoms with Gasteiger partial charge in [-0.3, -0.25) is 0 Å². The predicted octanol–water partition coefficient (Wildman–Crippen LogP) is 3.36. The first kappa shape index (κ1) is 13.1. The predicted molar refractivity (Wildman–Crippen MR) is 71.2 cm³/mol. The molecule has 1 heterocycles. The summed E-state index contributed by atoms with van der Waals surface area (Å²) in [5, 5.41) is 4.63. The Hall–Kier alpha value is -1.39. The number of rotatable bonds is 4. The van der Waals surface area contributed by atoms with E-state index < -0.39 is 5.54 Å². The topological polar surface area (TPSA) is 64.9 Å². The first-order valence-corrected chi connectivity index (χ1v) is 6.30. The van der Waals surface area contributed by atoms with Crippen LogP contribution in [-0.4, -0.2) is 10.1 Å². The van der Waals surface area contributed by atoms with E-state index in [0.717, 1.165) is 18.4 Å². The Labute approximate surface area is 111 Å². The average molecular weight is 266 g/mol. The summed E-state index contributed by atoms with van der Waals surface area (Å²) in [5.74, 6) is 1.00. The Morgan fingerprint density at radius 1 is 1.33 bits per heavy atom. The maximum absolute atomic E-state index is 6.15.